The minimum atomic E-state index is -0.0752. The zero-order valence-electron chi connectivity index (χ0n) is 12.4. The van der Waals surface area contributed by atoms with Gasteiger partial charge in [0.15, 0.2) is 0 Å². The van der Waals surface area contributed by atoms with Crippen LogP contribution in [0.2, 0.25) is 0 Å². The van der Waals surface area contributed by atoms with Crippen LogP contribution in [0.1, 0.15) is 50.2 Å². The van der Waals surface area contributed by atoms with E-state index in [0.717, 1.165) is 18.2 Å². The third-order valence-corrected chi connectivity index (χ3v) is 4.02. The molecule has 2 heteroatoms. The van der Waals surface area contributed by atoms with Gasteiger partial charge in [0, 0.05) is 18.2 Å². The van der Waals surface area contributed by atoms with E-state index in [9.17, 15) is 0 Å². The molecule has 1 aliphatic heterocycles. The molecule has 0 saturated carbocycles. The van der Waals surface area contributed by atoms with Gasteiger partial charge in [0.2, 0.25) is 0 Å². The molecular formula is C18H25NO. The van der Waals surface area contributed by atoms with Crippen molar-refractivity contribution in [2.45, 2.75) is 51.6 Å². The quantitative estimate of drug-likeness (QED) is 0.850. The first-order valence-corrected chi connectivity index (χ1v) is 7.76. The first-order valence-electron chi connectivity index (χ1n) is 7.76. The van der Waals surface area contributed by atoms with Crippen LogP contribution < -0.4 is 0 Å². The highest BCUT2D eigenvalue weighted by molar-refractivity contribution is 5.36. The number of hydrogen-bond donors (Lipinski definition) is 1. The van der Waals surface area contributed by atoms with Gasteiger partial charge >= 0.3 is 0 Å². The first-order chi connectivity index (χ1) is 9.83. The topological polar surface area (TPSA) is 23.5 Å². The summed E-state index contributed by atoms with van der Waals surface area (Å²) in [6, 6.07) is 9.20. The summed E-state index contributed by atoms with van der Waals surface area (Å²) in [7, 11) is 0. The van der Waals surface area contributed by atoms with Crippen LogP contribution in [-0.4, -0.2) is 29.2 Å². The van der Waals surface area contributed by atoms with Crippen molar-refractivity contribution >= 4 is 0 Å². The highest BCUT2D eigenvalue weighted by Gasteiger charge is 2.21. The van der Waals surface area contributed by atoms with Crippen LogP contribution in [0.25, 0.3) is 0 Å². The van der Waals surface area contributed by atoms with E-state index in [1.54, 1.807) is 0 Å². The van der Waals surface area contributed by atoms with Gasteiger partial charge in [0.1, 0.15) is 6.61 Å². The Bertz CT molecular complexity index is 453. The molecule has 1 aliphatic rings. The van der Waals surface area contributed by atoms with Crippen molar-refractivity contribution in [3.63, 3.8) is 0 Å². The minimum Gasteiger partial charge on any atom is -0.384 e. The maximum Gasteiger partial charge on any atom is 0.104 e. The third kappa shape index (κ3) is 4.37. The molecule has 0 aliphatic carbocycles. The van der Waals surface area contributed by atoms with Crippen molar-refractivity contribution in [2.24, 2.45) is 0 Å². The van der Waals surface area contributed by atoms with Crippen molar-refractivity contribution in [3.8, 4) is 11.8 Å². The Hall–Kier alpha value is -1.30. The second-order valence-electron chi connectivity index (χ2n) is 5.57. The highest BCUT2D eigenvalue weighted by atomic mass is 16.2. The van der Waals surface area contributed by atoms with Crippen LogP contribution in [0.4, 0.5) is 0 Å². The smallest absolute Gasteiger partial charge is 0.104 e. The van der Waals surface area contributed by atoms with Gasteiger partial charge in [0.25, 0.3) is 0 Å². The summed E-state index contributed by atoms with van der Waals surface area (Å²) in [6.45, 7) is 4.49. The summed E-state index contributed by atoms with van der Waals surface area (Å²) < 4.78 is 0. The number of aliphatic hydroxyl groups excluding tert-OH is 1. The summed E-state index contributed by atoms with van der Waals surface area (Å²) in [6.07, 6.45) is 6.67. The van der Waals surface area contributed by atoms with Gasteiger partial charge < -0.3 is 5.11 Å². The molecule has 1 N–H and O–H groups in total. The molecular weight excluding hydrogens is 246 g/mol. The molecule has 0 radical (unpaired) electrons. The predicted molar refractivity (Wildman–Crippen MR) is 83.4 cm³/mol. The lowest BCUT2D eigenvalue weighted by molar-refractivity contribution is 0.131. The maximum absolute atomic E-state index is 8.70. The molecule has 1 aromatic rings. The SMILES string of the molecule is CCCC1CCCCN1Cc1ccc(C#CCO)cc1. The second-order valence-corrected chi connectivity index (χ2v) is 5.57. The standard InChI is InChI=1S/C18H25NO/c1-2-6-18-8-3-4-13-19(18)15-17-11-9-16(10-12-17)7-5-14-20/h9-12,18,20H,2-4,6,8,13-15H2,1H3. The lowest BCUT2D eigenvalue weighted by Gasteiger charge is -2.35. The Morgan fingerprint density at radius 3 is 2.75 bits per heavy atom. The number of likely N-dealkylation sites (tertiary alicyclic amines) is 1. The molecule has 0 spiro atoms. The molecule has 1 aromatic carbocycles. The maximum atomic E-state index is 8.70. The van der Waals surface area contributed by atoms with Crippen molar-refractivity contribution in [1.29, 1.82) is 0 Å². The van der Waals surface area contributed by atoms with Crippen LogP contribution in [0, 0.1) is 11.8 Å². The van der Waals surface area contributed by atoms with E-state index in [0.29, 0.717) is 0 Å². The fourth-order valence-corrected chi connectivity index (χ4v) is 3.00. The molecule has 1 unspecified atom stereocenters. The number of rotatable bonds is 4. The van der Waals surface area contributed by atoms with Crippen molar-refractivity contribution in [1.82, 2.24) is 4.90 Å². The summed E-state index contributed by atoms with van der Waals surface area (Å²) >= 11 is 0. The lowest BCUT2D eigenvalue weighted by Crippen LogP contribution is -2.38. The van der Waals surface area contributed by atoms with Gasteiger partial charge in [-0.3, -0.25) is 4.90 Å². The predicted octanol–water partition coefficient (Wildman–Crippen LogP) is 3.19. The van der Waals surface area contributed by atoms with E-state index in [1.165, 1.54) is 44.2 Å². The molecule has 108 valence electrons. The Morgan fingerprint density at radius 2 is 2.05 bits per heavy atom. The average molecular weight is 271 g/mol. The van der Waals surface area contributed by atoms with Crippen molar-refractivity contribution in [3.05, 3.63) is 35.4 Å². The Labute approximate surface area is 122 Å². The summed E-state index contributed by atoms with van der Waals surface area (Å²) in [4.78, 5) is 2.64. The van der Waals surface area contributed by atoms with Gasteiger partial charge in [-0.15, -0.1) is 0 Å². The number of aliphatic hydroxyl groups is 1. The van der Waals surface area contributed by atoms with Crippen molar-refractivity contribution < 1.29 is 5.11 Å². The number of hydrogen-bond acceptors (Lipinski definition) is 2. The van der Waals surface area contributed by atoms with Gasteiger partial charge in [-0.05, 0) is 43.5 Å². The van der Waals surface area contributed by atoms with E-state index < -0.39 is 0 Å². The Balaban J connectivity index is 1.97. The molecule has 20 heavy (non-hydrogen) atoms. The molecule has 1 saturated heterocycles. The minimum absolute atomic E-state index is 0.0752. The van der Waals surface area contributed by atoms with Crippen LogP contribution in [0.15, 0.2) is 24.3 Å². The van der Waals surface area contributed by atoms with Crippen molar-refractivity contribution in [2.75, 3.05) is 13.2 Å². The molecule has 1 fully saturated rings. The summed E-state index contributed by atoms with van der Waals surface area (Å²) in [5, 5.41) is 8.70. The molecule has 0 bridgehead atoms. The van der Waals surface area contributed by atoms with Gasteiger partial charge in [0.05, 0.1) is 0 Å². The third-order valence-electron chi connectivity index (χ3n) is 4.02. The fourth-order valence-electron chi connectivity index (χ4n) is 3.00. The Morgan fingerprint density at radius 1 is 1.25 bits per heavy atom. The van der Waals surface area contributed by atoms with Gasteiger partial charge in [-0.2, -0.15) is 0 Å². The number of benzene rings is 1. The molecule has 2 rings (SSSR count). The van der Waals surface area contributed by atoms with E-state index >= 15 is 0 Å². The number of nitrogens with zero attached hydrogens (tertiary/aromatic N) is 1. The fraction of sp³-hybridized carbons (Fsp3) is 0.556. The van der Waals surface area contributed by atoms with Gasteiger partial charge in [-0.1, -0.05) is 43.7 Å². The average Bonchev–Trinajstić information content (AvgIpc) is 2.49. The molecule has 1 heterocycles. The van der Waals surface area contributed by atoms with E-state index in [-0.39, 0.29) is 6.61 Å². The molecule has 1 atom stereocenters. The normalized spacial score (nSPS) is 19.4. The molecule has 0 amide bonds. The zero-order valence-corrected chi connectivity index (χ0v) is 12.4. The largest absolute Gasteiger partial charge is 0.384 e. The van der Waals surface area contributed by atoms with E-state index in [1.807, 2.05) is 0 Å². The summed E-state index contributed by atoms with van der Waals surface area (Å²) in [5.41, 5.74) is 2.34. The lowest BCUT2D eigenvalue weighted by atomic mass is 9.97. The van der Waals surface area contributed by atoms with Crippen LogP contribution in [-0.2, 0) is 6.54 Å². The van der Waals surface area contributed by atoms with Crippen LogP contribution >= 0.6 is 0 Å². The summed E-state index contributed by atoms with van der Waals surface area (Å²) in [5.74, 6) is 5.62. The van der Waals surface area contributed by atoms with E-state index in [2.05, 4.69) is 47.9 Å². The zero-order chi connectivity index (χ0) is 14.2. The second kappa shape index (κ2) is 8.09. The highest BCUT2D eigenvalue weighted by Crippen LogP contribution is 2.22. The molecule has 2 nitrogen and oxygen atoms in total. The monoisotopic (exact) mass is 271 g/mol. The van der Waals surface area contributed by atoms with Crippen LogP contribution in [0.3, 0.4) is 0 Å². The van der Waals surface area contributed by atoms with Gasteiger partial charge in [-0.25, -0.2) is 0 Å². The van der Waals surface area contributed by atoms with Crippen LogP contribution in [0.5, 0.6) is 0 Å². The first kappa shape index (κ1) is 15.1. The molecule has 0 aromatic heterocycles. The Kier molecular flexibility index (Phi) is 6.11. The number of piperidine rings is 1. The van der Waals surface area contributed by atoms with E-state index in [4.69, 9.17) is 5.11 Å².